The summed E-state index contributed by atoms with van der Waals surface area (Å²) >= 11 is 0. The van der Waals surface area contributed by atoms with Crippen molar-refractivity contribution in [3.8, 4) is 0 Å². The van der Waals surface area contributed by atoms with Gasteiger partial charge in [0.25, 0.3) is 0 Å². The van der Waals surface area contributed by atoms with Crippen molar-refractivity contribution >= 4 is 0 Å². The third-order valence-electron chi connectivity index (χ3n) is 2.54. The summed E-state index contributed by atoms with van der Waals surface area (Å²) in [5.74, 6) is 0.811. The number of hydrogen-bond donors (Lipinski definition) is 1. The fourth-order valence-electron chi connectivity index (χ4n) is 1.66. The minimum Gasteiger partial charge on any atom is -0.374 e. The predicted molar refractivity (Wildman–Crippen MR) is 71.9 cm³/mol. The Morgan fingerprint density at radius 2 is 1.75 bits per heavy atom. The lowest BCUT2D eigenvalue weighted by Crippen LogP contribution is -2.36. The van der Waals surface area contributed by atoms with E-state index in [1.165, 1.54) is 19.3 Å². The zero-order chi connectivity index (χ0) is 12.6. The van der Waals surface area contributed by atoms with E-state index in [1.54, 1.807) is 0 Å². The van der Waals surface area contributed by atoms with Crippen molar-refractivity contribution in [3.63, 3.8) is 0 Å². The molecule has 2 heteroatoms. The van der Waals surface area contributed by atoms with Crippen molar-refractivity contribution < 1.29 is 4.74 Å². The molecule has 1 N–H and O–H groups in total. The minimum absolute atomic E-state index is 0.0221. The van der Waals surface area contributed by atoms with Crippen molar-refractivity contribution in [1.29, 1.82) is 0 Å². The summed E-state index contributed by atoms with van der Waals surface area (Å²) in [7, 11) is 0. The largest absolute Gasteiger partial charge is 0.374 e. The van der Waals surface area contributed by atoms with Crippen LogP contribution in [0, 0.1) is 5.92 Å². The van der Waals surface area contributed by atoms with Crippen LogP contribution in [-0.4, -0.2) is 24.8 Å². The first-order chi connectivity index (χ1) is 7.35. The third kappa shape index (κ3) is 10.4. The highest BCUT2D eigenvalue weighted by Gasteiger charge is 2.14. The first-order valence-corrected chi connectivity index (χ1v) is 6.72. The van der Waals surface area contributed by atoms with Gasteiger partial charge in [0.15, 0.2) is 0 Å². The van der Waals surface area contributed by atoms with E-state index in [9.17, 15) is 0 Å². The van der Waals surface area contributed by atoms with Crippen LogP contribution in [0.3, 0.4) is 0 Å². The van der Waals surface area contributed by atoms with Crippen molar-refractivity contribution in [2.24, 2.45) is 5.92 Å². The molecule has 0 amide bonds. The molecule has 0 aliphatic rings. The molecular formula is C14H31NO. The number of hydrogen-bond acceptors (Lipinski definition) is 2. The molecule has 0 aromatic carbocycles. The Balaban J connectivity index is 3.79. The first-order valence-electron chi connectivity index (χ1n) is 6.72. The van der Waals surface area contributed by atoms with Gasteiger partial charge in [-0.2, -0.15) is 0 Å². The molecule has 0 radical (unpaired) electrons. The standard InChI is InChI=1S/C14H31NO/c1-7-15-13(10-8-9-12(2)3)11-16-14(4,5)6/h12-13,15H,7-11H2,1-6H3. The van der Waals surface area contributed by atoms with Crippen molar-refractivity contribution in [2.45, 2.75) is 72.4 Å². The molecule has 0 bridgehead atoms. The number of likely N-dealkylation sites (N-methyl/N-ethyl adjacent to an activating group) is 1. The van der Waals surface area contributed by atoms with Crippen LogP contribution in [0.1, 0.15) is 60.8 Å². The fraction of sp³-hybridized carbons (Fsp3) is 1.00. The van der Waals surface area contributed by atoms with Gasteiger partial charge in [0.2, 0.25) is 0 Å². The van der Waals surface area contributed by atoms with Gasteiger partial charge in [-0.05, 0) is 39.7 Å². The van der Waals surface area contributed by atoms with Crippen molar-refractivity contribution in [2.75, 3.05) is 13.2 Å². The molecule has 0 aliphatic heterocycles. The summed E-state index contributed by atoms with van der Waals surface area (Å²) in [6, 6.07) is 0.517. The average Bonchev–Trinajstić information content (AvgIpc) is 2.12. The molecule has 0 saturated carbocycles. The quantitative estimate of drug-likeness (QED) is 0.686. The number of rotatable bonds is 8. The fourth-order valence-corrected chi connectivity index (χ4v) is 1.66. The van der Waals surface area contributed by atoms with Gasteiger partial charge in [0, 0.05) is 6.04 Å². The van der Waals surface area contributed by atoms with Crippen molar-refractivity contribution in [1.82, 2.24) is 5.32 Å². The van der Waals surface area contributed by atoms with Gasteiger partial charge in [0.05, 0.1) is 12.2 Å². The topological polar surface area (TPSA) is 21.3 Å². The normalized spacial score (nSPS) is 14.4. The summed E-state index contributed by atoms with van der Waals surface area (Å²) in [5, 5.41) is 3.50. The Bertz CT molecular complexity index is 161. The Hall–Kier alpha value is -0.0800. The summed E-state index contributed by atoms with van der Waals surface area (Å²) < 4.78 is 5.84. The molecule has 0 saturated heterocycles. The SMILES string of the molecule is CCNC(CCCC(C)C)COC(C)(C)C. The Morgan fingerprint density at radius 3 is 2.19 bits per heavy atom. The van der Waals surface area contributed by atoms with Gasteiger partial charge in [-0.1, -0.05) is 33.6 Å². The lowest BCUT2D eigenvalue weighted by atomic mass is 10.0. The maximum absolute atomic E-state index is 5.84. The van der Waals surface area contributed by atoms with Crippen LogP contribution < -0.4 is 5.32 Å². The zero-order valence-corrected chi connectivity index (χ0v) is 12.1. The maximum atomic E-state index is 5.84. The number of ether oxygens (including phenoxy) is 1. The molecule has 0 aliphatic carbocycles. The highest BCUT2D eigenvalue weighted by atomic mass is 16.5. The molecule has 98 valence electrons. The van der Waals surface area contributed by atoms with Crippen LogP contribution in [0.5, 0.6) is 0 Å². The van der Waals surface area contributed by atoms with Crippen LogP contribution in [0.2, 0.25) is 0 Å². The first kappa shape index (κ1) is 15.9. The maximum Gasteiger partial charge on any atom is 0.0626 e. The highest BCUT2D eigenvalue weighted by Crippen LogP contribution is 2.12. The van der Waals surface area contributed by atoms with E-state index in [4.69, 9.17) is 4.74 Å². The third-order valence-corrected chi connectivity index (χ3v) is 2.54. The molecule has 0 fully saturated rings. The zero-order valence-electron chi connectivity index (χ0n) is 12.1. The number of nitrogens with one attached hydrogen (secondary N) is 1. The predicted octanol–water partition coefficient (Wildman–Crippen LogP) is 3.61. The molecule has 0 heterocycles. The van der Waals surface area contributed by atoms with Crippen molar-refractivity contribution in [3.05, 3.63) is 0 Å². The monoisotopic (exact) mass is 229 g/mol. The van der Waals surface area contributed by atoms with Gasteiger partial charge >= 0.3 is 0 Å². The van der Waals surface area contributed by atoms with E-state index in [-0.39, 0.29) is 5.60 Å². The van der Waals surface area contributed by atoms with E-state index in [0.717, 1.165) is 19.1 Å². The van der Waals surface area contributed by atoms with Gasteiger partial charge in [-0.15, -0.1) is 0 Å². The molecule has 2 nitrogen and oxygen atoms in total. The second kappa shape index (κ2) is 8.08. The van der Waals surface area contributed by atoms with E-state index in [0.29, 0.717) is 6.04 Å². The Labute approximate surface area is 102 Å². The van der Waals surface area contributed by atoms with Gasteiger partial charge in [0.1, 0.15) is 0 Å². The molecule has 16 heavy (non-hydrogen) atoms. The molecule has 0 aromatic heterocycles. The van der Waals surface area contributed by atoms with E-state index in [1.807, 2.05) is 0 Å². The van der Waals surface area contributed by atoms with Gasteiger partial charge < -0.3 is 10.1 Å². The second-order valence-corrected chi connectivity index (χ2v) is 6.00. The van der Waals surface area contributed by atoms with Crippen LogP contribution in [0.25, 0.3) is 0 Å². The molecular weight excluding hydrogens is 198 g/mol. The summed E-state index contributed by atoms with van der Waals surface area (Å²) in [5.41, 5.74) is -0.0221. The van der Waals surface area contributed by atoms with Gasteiger partial charge in [-0.25, -0.2) is 0 Å². The molecule has 0 rings (SSSR count). The summed E-state index contributed by atoms with van der Waals surface area (Å²) in [4.78, 5) is 0. The van der Waals surface area contributed by atoms with Crippen LogP contribution >= 0.6 is 0 Å². The Morgan fingerprint density at radius 1 is 1.12 bits per heavy atom. The molecule has 0 spiro atoms. The van der Waals surface area contributed by atoms with Crippen LogP contribution in [-0.2, 0) is 4.74 Å². The van der Waals surface area contributed by atoms with Gasteiger partial charge in [-0.3, -0.25) is 0 Å². The average molecular weight is 229 g/mol. The van der Waals surface area contributed by atoms with E-state index in [2.05, 4.69) is 46.9 Å². The summed E-state index contributed by atoms with van der Waals surface area (Å²) in [6.07, 6.45) is 3.84. The summed E-state index contributed by atoms with van der Waals surface area (Å²) in [6.45, 7) is 14.9. The lowest BCUT2D eigenvalue weighted by molar-refractivity contribution is -0.0155. The molecule has 0 aromatic rings. The van der Waals surface area contributed by atoms with Crippen LogP contribution in [0.15, 0.2) is 0 Å². The van der Waals surface area contributed by atoms with E-state index >= 15 is 0 Å². The Kier molecular flexibility index (Phi) is 8.04. The van der Waals surface area contributed by atoms with Crippen LogP contribution in [0.4, 0.5) is 0 Å². The second-order valence-electron chi connectivity index (χ2n) is 6.00. The smallest absolute Gasteiger partial charge is 0.0626 e. The highest BCUT2D eigenvalue weighted by molar-refractivity contribution is 4.69. The van der Waals surface area contributed by atoms with E-state index < -0.39 is 0 Å². The minimum atomic E-state index is -0.0221. The molecule has 1 unspecified atom stereocenters. The lowest BCUT2D eigenvalue weighted by Gasteiger charge is -2.25. The molecule has 1 atom stereocenters.